The van der Waals surface area contributed by atoms with Crippen LogP contribution in [0.15, 0.2) is 36.4 Å². The van der Waals surface area contributed by atoms with Crippen LogP contribution in [0.4, 0.5) is 8.78 Å². The first-order valence-electron chi connectivity index (χ1n) is 4.83. The van der Waals surface area contributed by atoms with E-state index in [-0.39, 0.29) is 16.9 Å². The highest BCUT2D eigenvalue weighted by molar-refractivity contribution is 5.71. The van der Waals surface area contributed by atoms with Gasteiger partial charge in [0.15, 0.2) is 0 Å². The highest BCUT2D eigenvalue weighted by Crippen LogP contribution is 2.32. The van der Waals surface area contributed by atoms with Crippen molar-refractivity contribution in [2.24, 2.45) is 0 Å². The summed E-state index contributed by atoms with van der Waals surface area (Å²) in [5.74, 6) is -1.08. The van der Waals surface area contributed by atoms with Crippen molar-refractivity contribution < 1.29 is 13.9 Å². The second kappa shape index (κ2) is 3.93. The Bertz CT molecular complexity index is 535. The summed E-state index contributed by atoms with van der Waals surface area (Å²) >= 11 is 0. The maximum Gasteiger partial charge on any atom is 0.134 e. The normalized spacial score (nSPS) is 10.4. The van der Waals surface area contributed by atoms with Crippen molar-refractivity contribution in [3.8, 4) is 16.9 Å². The zero-order valence-corrected chi connectivity index (χ0v) is 8.67. The summed E-state index contributed by atoms with van der Waals surface area (Å²) in [6.07, 6.45) is 0. The quantitative estimate of drug-likeness (QED) is 0.777. The minimum atomic E-state index is -0.506. The zero-order chi connectivity index (χ0) is 11.7. The van der Waals surface area contributed by atoms with E-state index in [4.69, 9.17) is 0 Å². The molecule has 0 aromatic heterocycles. The van der Waals surface area contributed by atoms with E-state index in [9.17, 15) is 13.9 Å². The molecule has 2 aromatic rings. The summed E-state index contributed by atoms with van der Waals surface area (Å²) < 4.78 is 26.8. The van der Waals surface area contributed by atoms with Crippen LogP contribution in [-0.4, -0.2) is 5.11 Å². The van der Waals surface area contributed by atoms with Crippen molar-refractivity contribution in [1.29, 1.82) is 0 Å². The number of phenols is 1. The third-order valence-corrected chi connectivity index (χ3v) is 2.44. The number of benzene rings is 2. The Morgan fingerprint density at radius 2 is 1.75 bits per heavy atom. The topological polar surface area (TPSA) is 20.2 Å². The van der Waals surface area contributed by atoms with Crippen molar-refractivity contribution >= 4 is 0 Å². The van der Waals surface area contributed by atoms with E-state index in [1.165, 1.54) is 12.1 Å². The van der Waals surface area contributed by atoms with E-state index in [0.29, 0.717) is 5.56 Å². The molecule has 0 heterocycles. The number of aryl methyl sites for hydroxylation is 1. The average molecular weight is 220 g/mol. The van der Waals surface area contributed by atoms with E-state index >= 15 is 0 Å². The van der Waals surface area contributed by atoms with Gasteiger partial charge in [0, 0.05) is 11.1 Å². The Morgan fingerprint density at radius 1 is 1.00 bits per heavy atom. The molecule has 82 valence electrons. The van der Waals surface area contributed by atoms with Crippen LogP contribution in [0.1, 0.15) is 5.56 Å². The fraction of sp³-hybridized carbons (Fsp3) is 0.0769. The van der Waals surface area contributed by atoms with Crippen LogP contribution in [0.2, 0.25) is 0 Å². The molecule has 1 nitrogen and oxygen atoms in total. The molecule has 2 rings (SSSR count). The molecule has 0 aliphatic carbocycles. The van der Waals surface area contributed by atoms with Crippen LogP contribution in [0.25, 0.3) is 11.1 Å². The molecule has 0 fully saturated rings. The summed E-state index contributed by atoms with van der Waals surface area (Å²) in [5, 5.41) is 9.57. The summed E-state index contributed by atoms with van der Waals surface area (Å²) in [6.45, 7) is 1.62. The van der Waals surface area contributed by atoms with Crippen LogP contribution < -0.4 is 0 Å². The summed E-state index contributed by atoms with van der Waals surface area (Å²) in [6, 6.07) is 8.26. The van der Waals surface area contributed by atoms with E-state index in [1.807, 2.05) is 0 Å². The third-order valence-electron chi connectivity index (χ3n) is 2.44. The average Bonchev–Trinajstić information content (AvgIpc) is 2.26. The number of hydrogen-bond donors (Lipinski definition) is 1. The van der Waals surface area contributed by atoms with Gasteiger partial charge in [-0.1, -0.05) is 18.2 Å². The van der Waals surface area contributed by atoms with Gasteiger partial charge in [0.1, 0.15) is 17.4 Å². The smallest absolute Gasteiger partial charge is 0.134 e. The highest BCUT2D eigenvalue weighted by Gasteiger charge is 2.11. The molecule has 0 saturated heterocycles. The van der Waals surface area contributed by atoms with Crippen molar-refractivity contribution in [3.63, 3.8) is 0 Å². The van der Waals surface area contributed by atoms with E-state index in [1.54, 1.807) is 19.1 Å². The molecule has 0 unspecified atom stereocenters. The van der Waals surface area contributed by atoms with E-state index < -0.39 is 11.6 Å². The molecule has 1 N–H and O–H groups in total. The van der Waals surface area contributed by atoms with Crippen LogP contribution in [0.3, 0.4) is 0 Å². The summed E-state index contributed by atoms with van der Waals surface area (Å²) in [7, 11) is 0. The van der Waals surface area contributed by atoms with Gasteiger partial charge >= 0.3 is 0 Å². The second-order valence-corrected chi connectivity index (χ2v) is 3.60. The molecule has 2 aromatic carbocycles. The van der Waals surface area contributed by atoms with Gasteiger partial charge in [-0.3, -0.25) is 0 Å². The summed E-state index contributed by atoms with van der Waals surface area (Å²) in [4.78, 5) is 0. The predicted molar refractivity (Wildman–Crippen MR) is 58.2 cm³/mol. The lowest BCUT2D eigenvalue weighted by Gasteiger charge is -2.07. The fourth-order valence-electron chi connectivity index (χ4n) is 1.58. The van der Waals surface area contributed by atoms with Gasteiger partial charge < -0.3 is 5.11 Å². The lowest BCUT2D eigenvalue weighted by Crippen LogP contribution is -1.89. The lowest BCUT2D eigenvalue weighted by molar-refractivity contribution is 0.474. The Balaban J connectivity index is 2.67. The van der Waals surface area contributed by atoms with Gasteiger partial charge in [-0.25, -0.2) is 8.78 Å². The third kappa shape index (κ3) is 1.76. The number of hydrogen-bond acceptors (Lipinski definition) is 1. The van der Waals surface area contributed by atoms with Gasteiger partial charge in [-0.05, 0) is 30.7 Å². The highest BCUT2D eigenvalue weighted by atomic mass is 19.1. The maximum absolute atomic E-state index is 13.8. The Labute approximate surface area is 92.0 Å². The van der Waals surface area contributed by atoms with Crippen LogP contribution in [0.5, 0.6) is 5.75 Å². The lowest BCUT2D eigenvalue weighted by atomic mass is 10.0. The molecule has 0 saturated carbocycles. The van der Waals surface area contributed by atoms with Gasteiger partial charge in [0.2, 0.25) is 0 Å². The first-order chi connectivity index (χ1) is 7.59. The number of aromatic hydroxyl groups is 1. The SMILES string of the molecule is Cc1cccc(-c2cc(F)ccc2O)c1F. The first-order valence-corrected chi connectivity index (χ1v) is 4.83. The van der Waals surface area contributed by atoms with Crippen LogP contribution in [-0.2, 0) is 0 Å². The molecular weight excluding hydrogens is 210 g/mol. The largest absolute Gasteiger partial charge is 0.507 e. The van der Waals surface area contributed by atoms with Gasteiger partial charge in [0.25, 0.3) is 0 Å². The molecule has 0 bridgehead atoms. The minimum Gasteiger partial charge on any atom is -0.507 e. The van der Waals surface area contributed by atoms with Crippen LogP contribution >= 0.6 is 0 Å². The second-order valence-electron chi connectivity index (χ2n) is 3.60. The monoisotopic (exact) mass is 220 g/mol. The van der Waals surface area contributed by atoms with E-state index in [0.717, 1.165) is 12.1 Å². The molecule has 16 heavy (non-hydrogen) atoms. The molecule has 0 radical (unpaired) electrons. The molecule has 0 aliphatic rings. The molecule has 0 amide bonds. The number of halogens is 2. The minimum absolute atomic E-state index is 0.133. The Hall–Kier alpha value is -1.90. The first kappa shape index (κ1) is 10.6. The summed E-state index contributed by atoms with van der Waals surface area (Å²) in [5.41, 5.74) is 0.833. The standard InChI is InChI=1S/C13H10F2O/c1-8-3-2-4-10(13(8)15)11-7-9(14)5-6-12(11)16/h2-7,16H,1H3. The Morgan fingerprint density at radius 3 is 2.50 bits per heavy atom. The number of rotatable bonds is 1. The Kier molecular flexibility index (Phi) is 2.60. The van der Waals surface area contributed by atoms with Gasteiger partial charge in [-0.15, -0.1) is 0 Å². The van der Waals surface area contributed by atoms with Gasteiger partial charge in [0.05, 0.1) is 0 Å². The van der Waals surface area contributed by atoms with Crippen molar-refractivity contribution in [2.45, 2.75) is 6.92 Å². The van der Waals surface area contributed by atoms with Gasteiger partial charge in [-0.2, -0.15) is 0 Å². The zero-order valence-electron chi connectivity index (χ0n) is 8.67. The van der Waals surface area contributed by atoms with Crippen molar-refractivity contribution in [2.75, 3.05) is 0 Å². The molecular formula is C13H10F2O. The molecule has 0 atom stereocenters. The van der Waals surface area contributed by atoms with Crippen LogP contribution in [0, 0.1) is 18.6 Å². The number of phenolic OH excluding ortho intramolecular Hbond substituents is 1. The van der Waals surface area contributed by atoms with Crippen molar-refractivity contribution in [3.05, 3.63) is 53.6 Å². The molecule has 3 heteroatoms. The van der Waals surface area contributed by atoms with Crippen molar-refractivity contribution in [1.82, 2.24) is 0 Å². The predicted octanol–water partition coefficient (Wildman–Crippen LogP) is 3.65. The molecule has 0 aliphatic heterocycles. The maximum atomic E-state index is 13.8. The van der Waals surface area contributed by atoms with E-state index in [2.05, 4.69) is 0 Å². The fourth-order valence-corrected chi connectivity index (χ4v) is 1.58. The molecule has 0 spiro atoms.